The lowest BCUT2D eigenvalue weighted by Gasteiger charge is -2.00. The molecule has 0 fully saturated rings. The normalized spacial score (nSPS) is 13.7. The van der Waals surface area contributed by atoms with E-state index in [1.807, 2.05) is 30.5 Å². The van der Waals surface area contributed by atoms with E-state index in [9.17, 15) is 0 Å². The summed E-state index contributed by atoms with van der Waals surface area (Å²) < 4.78 is 5.90. The SMILES string of the molecule is Clc1cc2ccccc2c2oc3c(c12)C=NC3. The molecule has 3 heteroatoms. The Balaban J connectivity index is 2.31. The van der Waals surface area contributed by atoms with E-state index in [-0.39, 0.29) is 0 Å². The highest BCUT2D eigenvalue weighted by Gasteiger charge is 2.20. The molecule has 0 radical (unpaired) electrons. The third kappa shape index (κ3) is 1.13. The van der Waals surface area contributed by atoms with Gasteiger partial charge < -0.3 is 4.42 Å². The molecule has 2 heterocycles. The van der Waals surface area contributed by atoms with Crippen molar-refractivity contribution < 1.29 is 4.42 Å². The number of benzene rings is 2. The summed E-state index contributed by atoms with van der Waals surface area (Å²) in [6.45, 7) is 0.620. The minimum Gasteiger partial charge on any atom is -0.458 e. The van der Waals surface area contributed by atoms with Crippen molar-refractivity contribution in [1.29, 1.82) is 0 Å². The van der Waals surface area contributed by atoms with Crippen LogP contribution in [-0.4, -0.2) is 6.21 Å². The molecule has 0 spiro atoms. The van der Waals surface area contributed by atoms with Gasteiger partial charge in [-0.05, 0) is 11.5 Å². The molecule has 82 valence electrons. The maximum atomic E-state index is 6.34. The fourth-order valence-electron chi connectivity index (χ4n) is 2.43. The summed E-state index contributed by atoms with van der Waals surface area (Å²) in [5.74, 6) is 0.915. The second-order valence-electron chi connectivity index (χ2n) is 4.19. The molecule has 1 aliphatic rings. The van der Waals surface area contributed by atoms with Crippen LogP contribution in [0.25, 0.3) is 21.7 Å². The summed E-state index contributed by atoms with van der Waals surface area (Å²) in [5.41, 5.74) is 1.92. The zero-order valence-corrected chi connectivity index (χ0v) is 9.66. The van der Waals surface area contributed by atoms with E-state index in [4.69, 9.17) is 16.0 Å². The highest BCUT2D eigenvalue weighted by molar-refractivity contribution is 6.38. The molecule has 0 bridgehead atoms. The van der Waals surface area contributed by atoms with Gasteiger partial charge in [0.25, 0.3) is 0 Å². The molecule has 4 rings (SSSR count). The Hall–Kier alpha value is -1.80. The molecule has 2 nitrogen and oxygen atoms in total. The van der Waals surface area contributed by atoms with Gasteiger partial charge in [-0.25, -0.2) is 0 Å². The molecule has 3 aromatic rings. The van der Waals surface area contributed by atoms with Crippen molar-refractivity contribution in [2.24, 2.45) is 4.99 Å². The van der Waals surface area contributed by atoms with Gasteiger partial charge in [0.05, 0.1) is 11.6 Å². The summed E-state index contributed by atoms with van der Waals surface area (Å²) in [6, 6.07) is 10.1. The summed E-state index contributed by atoms with van der Waals surface area (Å²) in [4.78, 5) is 4.21. The Morgan fingerprint density at radius 1 is 1.24 bits per heavy atom. The Bertz CT molecular complexity index is 786. The van der Waals surface area contributed by atoms with Crippen LogP contribution in [0, 0.1) is 0 Å². The molecule has 0 atom stereocenters. The van der Waals surface area contributed by atoms with Crippen molar-refractivity contribution in [3.63, 3.8) is 0 Å². The van der Waals surface area contributed by atoms with Gasteiger partial charge in [0.1, 0.15) is 11.3 Å². The van der Waals surface area contributed by atoms with Crippen molar-refractivity contribution in [3.05, 3.63) is 46.7 Å². The molecule has 17 heavy (non-hydrogen) atoms. The molecule has 1 aromatic heterocycles. The quantitative estimate of drug-likeness (QED) is 0.580. The second kappa shape index (κ2) is 3.11. The van der Waals surface area contributed by atoms with Gasteiger partial charge in [-0.2, -0.15) is 0 Å². The maximum absolute atomic E-state index is 6.34. The number of halogens is 1. The summed E-state index contributed by atoms with van der Waals surface area (Å²) in [7, 11) is 0. The average Bonchev–Trinajstić information content (AvgIpc) is 2.88. The van der Waals surface area contributed by atoms with Crippen molar-refractivity contribution in [2.45, 2.75) is 6.54 Å². The van der Waals surface area contributed by atoms with E-state index in [2.05, 4.69) is 11.1 Å². The summed E-state index contributed by atoms with van der Waals surface area (Å²) in [5, 5.41) is 3.93. The third-order valence-corrected chi connectivity index (χ3v) is 3.50. The number of hydrogen-bond donors (Lipinski definition) is 0. The fourth-order valence-corrected chi connectivity index (χ4v) is 2.74. The van der Waals surface area contributed by atoms with E-state index < -0.39 is 0 Å². The monoisotopic (exact) mass is 241 g/mol. The molecule has 0 aliphatic carbocycles. The van der Waals surface area contributed by atoms with Gasteiger partial charge in [0.2, 0.25) is 0 Å². The molecule has 0 unspecified atom stereocenters. The largest absolute Gasteiger partial charge is 0.458 e. The first-order valence-corrected chi connectivity index (χ1v) is 5.85. The minimum absolute atomic E-state index is 0.620. The molecule has 0 saturated carbocycles. The lowest BCUT2D eigenvalue weighted by Crippen LogP contribution is -1.79. The molecular formula is C14H8ClNO. The number of rotatable bonds is 0. The van der Waals surface area contributed by atoms with Crippen molar-refractivity contribution in [1.82, 2.24) is 0 Å². The Labute approximate surface area is 103 Å². The van der Waals surface area contributed by atoms with Crippen LogP contribution in [0.2, 0.25) is 5.02 Å². The van der Waals surface area contributed by atoms with Crippen molar-refractivity contribution in [2.75, 3.05) is 0 Å². The predicted molar refractivity (Wildman–Crippen MR) is 70.0 cm³/mol. The van der Waals surface area contributed by atoms with Gasteiger partial charge >= 0.3 is 0 Å². The molecular weight excluding hydrogens is 234 g/mol. The summed E-state index contributed by atoms with van der Waals surface area (Å²) in [6.07, 6.45) is 1.85. The Kier molecular flexibility index (Phi) is 1.69. The van der Waals surface area contributed by atoms with Crippen LogP contribution >= 0.6 is 11.6 Å². The molecule has 1 aliphatic heterocycles. The van der Waals surface area contributed by atoms with E-state index in [1.165, 1.54) is 0 Å². The highest BCUT2D eigenvalue weighted by Crippen LogP contribution is 2.38. The fraction of sp³-hybridized carbons (Fsp3) is 0.0714. The van der Waals surface area contributed by atoms with Gasteiger partial charge in [-0.15, -0.1) is 0 Å². The van der Waals surface area contributed by atoms with Crippen LogP contribution in [0.15, 0.2) is 39.7 Å². The molecule has 0 amide bonds. The van der Waals surface area contributed by atoms with Crippen LogP contribution in [0.4, 0.5) is 0 Å². The first-order valence-electron chi connectivity index (χ1n) is 5.47. The van der Waals surface area contributed by atoms with Crippen LogP contribution < -0.4 is 0 Å². The smallest absolute Gasteiger partial charge is 0.144 e. The number of hydrogen-bond acceptors (Lipinski definition) is 2. The maximum Gasteiger partial charge on any atom is 0.144 e. The van der Waals surface area contributed by atoms with E-state index in [0.717, 1.165) is 38.1 Å². The van der Waals surface area contributed by atoms with Gasteiger partial charge in [0.15, 0.2) is 0 Å². The summed E-state index contributed by atoms with van der Waals surface area (Å²) >= 11 is 6.34. The Morgan fingerprint density at radius 3 is 3.06 bits per heavy atom. The average molecular weight is 242 g/mol. The first kappa shape index (κ1) is 9.25. The van der Waals surface area contributed by atoms with Crippen LogP contribution in [0.3, 0.4) is 0 Å². The Morgan fingerprint density at radius 2 is 2.12 bits per heavy atom. The number of furan rings is 1. The lowest BCUT2D eigenvalue weighted by molar-refractivity contribution is 0.560. The zero-order valence-electron chi connectivity index (χ0n) is 8.90. The van der Waals surface area contributed by atoms with Crippen molar-refractivity contribution >= 4 is 39.6 Å². The highest BCUT2D eigenvalue weighted by atomic mass is 35.5. The van der Waals surface area contributed by atoms with Crippen LogP contribution in [0.1, 0.15) is 11.3 Å². The zero-order chi connectivity index (χ0) is 11.4. The topological polar surface area (TPSA) is 25.5 Å². The number of aliphatic imine (C=N–C) groups is 1. The molecule has 2 aromatic carbocycles. The lowest BCUT2D eigenvalue weighted by atomic mass is 10.1. The standard InChI is InChI=1S/C14H8ClNO/c15-11-5-8-3-1-2-4-9(8)14-13(11)10-6-16-7-12(10)17-14/h1-6H,7H2. The third-order valence-electron chi connectivity index (χ3n) is 3.20. The van der Waals surface area contributed by atoms with E-state index in [0.29, 0.717) is 6.54 Å². The van der Waals surface area contributed by atoms with Gasteiger partial charge in [-0.1, -0.05) is 35.9 Å². The number of nitrogens with zero attached hydrogens (tertiary/aromatic N) is 1. The van der Waals surface area contributed by atoms with E-state index >= 15 is 0 Å². The van der Waals surface area contributed by atoms with Crippen LogP contribution in [-0.2, 0) is 6.54 Å². The van der Waals surface area contributed by atoms with E-state index in [1.54, 1.807) is 0 Å². The minimum atomic E-state index is 0.620. The number of fused-ring (bicyclic) bond motifs is 5. The first-order chi connectivity index (χ1) is 8.34. The predicted octanol–water partition coefficient (Wildman–Crippen LogP) is 4.17. The van der Waals surface area contributed by atoms with Crippen LogP contribution in [0.5, 0.6) is 0 Å². The second-order valence-corrected chi connectivity index (χ2v) is 4.60. The molecule has 0 N–H and O–H groups in total. The van der Waals surface area contributed by atoms with Gasteiger partial charge in [-0.3, -0.25) is 4.99 Å². The van der Waals surface area contributed by atoms with Crippen molar-refractivity contribution in [3.8, 4) is 0 Å². The van der Waals surface area contributed by atoms with Gasteiger partial charge in [0, 0.05) is 22.6 Å². The molecule has 0 saturated heterocycles.